The first-order chi connectivity index (χ1) is 10.6. The molecule has 0 amide bonds. The molecule has 0 aromatic heterocycles. The first-order valence-electron chi connectivity index (χ1n) is 8.33. The van der Waals surface area contributed by atoms with Gasteiger partial charge in [-0.15, -0.1) is 0 Å². The molecule has 1 saturated carbocycles. The van der Waals surface area contributed by atoms with E-state index in [1.807, 2.05) is 13.8 Å². The topological polar surface area (TPSA) is 66.8 Å². The molecule has 8 heteroatoms. The van der Waals surface area contributed by atoms with Gasteiger partial charge in [0.25, 0.3) is 0 Å². The van der Waals surface area contributed by atoms with Crippen molar-refractivity contribution in [1.82, 2.24) is 4.31 Å². The van der Waals surface area contributed by atoms with Gasteiger partial charge in [0.2, 0.25) is 15.9 Å². The summed E-state index contributed by atoms with van der Waals surface area (Å²) >= 11 is 0. The maximum Gasteiger partial charge on any atom is 0.248 e. The predicted octanol–water partition coefficient (Wildman–Crippen LogP) is 1.96. The fourth-order valence-electron chi connectivity index (χ4n) is 4.15. The maximum absolute atomic E-state index is 13.3. The normalized spacial score (nSPS) is 39.0. The Morgan fingerprint density at radius 2 is 1.87 bits per heavy atom. The number of sulfonamides is 1. The Hall–Kier alpha value is -0.310. The van der Waals surface area contributed by atoms with Crippen LogP contribution >= 0.6 is 0 Å². The van der Waals surface area contributed by atoms with Crippen LogP contribution in [0.4, 0.5) is 8.78 Å². The molecule has 0 aromatic rings. The molecule has 0 spiro atoms. The molecule has 134 valence electrons. The van der Waals surface area contributed by atoms with Gasteiger partial charge >= 0.3 is 0 Å². The number of halogens is 2. The summed E-state index contributed by atoms with van der Waals surface area (Å²) in [7, 11) is -3.74. The van der Waals surface area contributed by atoms with Crippen LogP contribution < -0.4 is 0 Å². The third-order valence-electron chi connectivity index (χ3n) is 5.58. The van der Waals surface area contributed by atoms with E-state index in [0.29, 0.717) is 6.42 Å². The summed E-state index contributed by atoms with van der Waals surface area (Å²) in [6, 6.07) is -0.289. The largest absolute Gasteiger partial charge is 0.389 e. The first-order valence-corrected chi connectivity index (χ1v) is 9.83. The minimum atomic E-state index is -3.74. The Labute approximate surface area is 136 Å². The van der Waals surface area contributed by atoms with Crippen LogP contribution in [0.25, 0.3) is 0 Å². The summed E-state index contributed by atoms with van der Waals surface area (Å²) in [6.07, 6.45) is -2.03. The van der Waals surface area contributed by atoms with Crippen LogP contribution in [-0.4, -0.2) is 54.0 Å². The Morgan fingerprint density at radius 1 is 1.26 bits per heavy atom. The number of fused-ring (bicyclic) bond motifs is 2. The van der Waals surface area contributed by atoms with E-state index in [0.717, 1.165) is 0 Å². The van der Waals surface area contributed by atoms with Crippen molar-refractivity contribution in [2.24, 2.45) is 11.8 Å². The molecule has 3 fully saturated rings. The molecule has 2 saturated heterocycles. The van der Waals surface area contributed by atoms with Crippen LogP contribution in [0.1, 0.15) is 46.0 Å². The highest BCUT2D eigenvalue weighted by atomic mass is 32.2. The summed E-state index contributed by atoms with van der Waals surface area (Å²) in [5.74, 6) is -2.53. The minimum Gasteiger partial charge on any atom is -0.389 e. The number of ether oxygens (including phenoxy) is 1. The van der Waals surface area contributed by atoms with Crippen molar-refractivity contribution in [3.63, 3.8) is 0 Å². The van der Waals surface area contributed by atoms with E-state index in [-0.39, 0.29) is 37.3 Å². The lowest BCUT2D eigenvalue weighted by Gasteiger charge is -2.43. The fourth-order valence-corrected chi connectivity index (χ4v) is 6.37. The third-order valence-corrected chi connectivity index (χ3v) is 7.99. The second-order valence-corrected chi connectivity index (χ2v) is 9.56. The highest BCUT2D eigenvalue weighted by Crippen LogP contribution is 2.43. The molecule has 1 aliphatic carbocycles. The van der Waals surface area contributed by atoms with E-state index in [2.05, 4.69) is 0 Å². The van der Waals surface area contributed by atoms with Crippen molar-refractivity contribution < 1.29 is 27.0 Å². The van der Waals surface area contributed by atoms with Crippen molar-refractivity contribution in [3.05, 3.63) is 0 Å². The molecule has 2 aliphatic heterocycles. The monoisotopic (exact) mass is 353 g/mol. The first kappa shape index (κ1) is 17.5. The van der Waals surface area contributed by atoms with E-state index in [1.165, 1.54) is 4.31 Å². The van der Waals surface area contributed by atoms with Crippen LogP contribution in [0, 0.1) is 11.8 Å². The smallest absolute Gasteiger partial charge is 0.248 e. The molecule has 3 aliphatic rings. The summed E-state index contributed by atoms with van der Waals surface area (Å²) < 4.78 is 59.3. The van der Waals surface area contributed by atoms with Gasteiger partial charge in [-0.1, -0.05) is 13.8 Å². The van der Waals surface area contributed by atoms with E-state index in [9.17, 15) is 22.3 Å². The molecule has 5 nitrogen and oxygen atoms in total. The van der Waals surface area contributed by atoms with Crippen LogP contribution in [0.3, 0.4) is 0 Å². The zero-order valence-electron chi connectivity index (χ0n) is 13.5. The fraction of sp³-hybridized carbons (Fsp3) is 1.00. The molecule has 23 heavy (non-hydrogen) atoms. The Morgan fingerprint density at radius 3 is 2.43 bits per heavy atom. The van der Waals surface area contributed by atoms with Crippen molar-refractivity contribution in [3.8, 4) is 0 Å². The average Bonchev–Trinajstić information content (AvgIpc) is 2.80. The number of hydrogen-bond donors (Lipinski definition) is 1. The third kappa shape index (κ3) is 3.03. The Kier molecular flexibility index (Phi) is 4.49. The van der Waals surface area contributed by atoms with Gasteiger partial charge in [0, 0.05) is 12.8 Å². The van der Waals surface area contributed by atoms with Gasteiger partial charge in [-0.2, -0.15) is 4.31 Å². The maximum atomic E-state index is 13.3. The molecule has 0 aromatic carbocycles. The second-order valence-electron chi connectivity index (χ2n) is 7.44. The van der Waals surface area contributed by atoms with Crippen LogP contribution in [0.15, 0.2) is 0 Å². The zero-order chi connectivity index (χ0) is 17.0. The van der Waals surface area contributed by atoms with Gasteiger partial charge in [0.1, 0.15) is 6.23 Å². The lowest BCUT2D eigenvalue weighted by molar-refractivity contribution is -0.0885. The number of rotatable bonds is 3. The second kappa shape index (κ2) is 5.89. The summed E-state index contributed by atoms with van der Waals surface area (Å²) in [5, 5.41) is 9.70. The van der Waals surface area contributed by atoms with Crippen LogP contribution in [0.2, 0.25) is 0 Å². The van der Waals surface area contributed by atoms with Gasteiger partial charge in [-0.05, 0) is 31.1 Å². The summed E-state index contributed by atoms with van der Waals surface area (Å²) in [4.78, 5) is 0. The highest BCUT2D eigenvalue weighted by Gasteiger charge is 2.55. The molecular formula is C15H25F2NO4S. The molecule has 2 bridgehead atoms. The lowest BCUT2D eigenvalue weighted by Crippen LogP contribution is -2.58. The SMILES string of the molecule is CC(C)[C@@H]1C[C@H]2CO[C@@H]([C@H]1O)N2S(=O)(=O)C1CCC(F)(F)CC1. The van der Waals surface area contributed by atoms with E-state index in [1.54, 1.807) is 0 Å². The number of piperidine rings is 1. The molecule has 0 radical (unpaired) electrons. The van der Waals surface area contributed by atoms with Crippen molar-refractivity contribution >= 4 is 10.0 Å². The number of alkyl halides is 2. The molecule has 3 rings (SSSR count). The zero-order valence-corrected chi connectivity index (χ0v) is 14.3. The van der Waals surface area contributed by atoms with Crippen molar-refractivity contribution in [1.29, 1.82) is 0 Å². The van der Waals surface area contributed by atoms with Gasteiger partial charge in [-0.3, -0.25) is 0 Å². The van der Waals surface area contributed by atoms with E-state index < -0.39 is 46.4 Å². The van der Waals surface area contributed by atoms with Gasteiger partial charge in [0.05, 0.1) is 24.0 Å². The van der Waals surface area contributed by atoms with Crippen LogP contribution in [-0.2, 0) is 14.8 Å². The van der Waals surface area contributed by atoms with Crippen molar-refractivity contribution in [2.45, 2.75) is 75.5 Å². The average molecular weight is 353 g/mol. The minimum absolute atomic E-state index is 0.00496. The molecule has 2 heterocycles. The molecule has 1 N–H and O–H groups in total. The number of aliphatic hydroxyl groups excluding tert-OH is 1. The quantitative estimate of drug-likeness (QED) is 0.842. The van der Waals surface area contributed by atoms with Crippen molar-refractivity contribution in [2.75, 3.05) is 6.61 Å². The standard InChI is InChI=1S/C15H25F2NO4S/c1-9(2)12-7-10-8-22-14(13(12)19)18(10)23(20,21)11-3-5-15(16,17)6-4-11/h9-14,19H,3-8H2,1-2H3/t10-,12-,13-,14-/m0/s1. The molecule has 4 atom stereocenters. The Bertz CT molecular complexity index is 544. The Balaban J connectivity index is 1.79. The van der Waals surface area contributed by atoms with Gasteiger partial charge in [0.15, 0.2) is 0 Å². The van der Waals surface area contributed by atoms with Crippen LogP contribution in [0.5, 0.6) is 0 Å². The highest BCUT2D eigenvalue weighted by molar-refractivity contribution is 7.89. The number of hydrogen-bond acceptors (Lipinski definition) is 4. The van der Waals surface area contributed by atoms with Gasteiger partial charge in [-0.25, -0.2) is 17.2 Å². The summed E-state index contributed by atoms with van der Waals surface area (Å²) in [5.41, 5.74) is 0. The number of aliphatic hydroxyl groups is 1. The molecular weight excluding hydrogens is 328 g/mol. The summed E-state index contributed by atoms with van der Waals surface area (Å²) in [6.45, 7) is 4.27. The number of nitrogens with zero attached hydrogens (tertiary/aromatic N) is 1. The predicted molar refractivity (Wildman–Crippen MR) is 80.4 cm³/mol. The molecule has 0 unspecified atom stereocenters. The lowest BCUT2D eigenvalue weighted by atomic mass is 9.82. The van der Waals surface area contributed by atoms with E-state index in [4.69, 9.17) is 4.74 Å². The van der Waals surface area contributed by atoms with E-state index >= 15 is 0 Å². The van der Waals surface area contributed by atoms with Gasteiger partial charge < -0.3 is 9.84 Å².